The van der Waals surface area contributed by atoms with Crippen molar-refractivity contribution in [3.8, 4) is 11.5 Å². The fourth-order valence-corrected chi connectivity index (χ4v) is 1.87. The quantitative estimate of drug-likeness (QED) is 0.693. The number of hydrogen-bond donors (Lipinski definition) is 1. The van der Waals surface area contributed by atoms with Crippen LogP contribution < -0.4 is 14.8 Å². The Morgan fingerprint density at radius 3 is 2.47 bits per heavy atom. The highest BCUT2D eigenvalue weighted by Crippen LogP contribution is 2.27. The van der Waals surface area contributed by atoms with Crippen LogP contribution in [0.4, 0.5) is 0 Å². The minimum Gasteiger partial charge on any atom is -0.493 e. The van der Waals surface area contributed by atoms with Crippen molar-refractivity contribution in [2.24, 2.45) is 5.41 Å². The Kier molecular flexibility index (Phi) is 6.71. The first-order valence-electron chi connectivity index (χ1n) is 7.05. The van der Waals surface area contributed by atoms with E-state index in [2.05, 4.69) is 26.1 Å². The van der Waals surface area contributed by atoms with Gasteiger partial charge in [-0.1, -0.05) is 32.9 Å². The van der Waals surface area contributed by atoms with Crippen molar-refractivity contribution >= 4 is 0 Å². The van der Waals surface area contributed by atoms with E-state index in [0.717, 1.165) is 31.0 Å². The van der Waals surface area contributed by atoms with Crippen molar-refractivity contribution in [3.63, 3.8) is 0 Å². The molecule has 0 aromatic heterocycles. The van der Waals surface area contributed by atoms with Crippen LogP contribution in [0.2, 0.25) is 0 Å². The second-order valence-electron chi connectivity index (χ2n) is 5.59. The van der Waals surface area contributed by atoms with E-state index < -0.39 is 0 Å². The van der Waals surface area contributed by atoms with Crippen molar-refractivity contribution in [3.05, 3.63) is 24.3 Å². The molecule has 19 heavy (non-hydrogen) atoms. The summed E-state index contributed by atoms with van der Waals surface area (Å²) in [6.07, 6.45) is 2.19. The fraction of sp³-hybridized carbons (Fsp3) is 0.625. The molecule has 1 N–H and O–H groups in total. The Balaban J connectivity index is 2.36. The van der Waals surface area contributed by atoms with Gasteiger partial charge in [0, 0.05) is 6.54 Å². The first kappa shape index (κ1) is 15.8. The van der Waals surface area contributed by atoms with Gasteiger partial charge >= 0.3 is 0 Å². The molecule has 0 spiro atoms. The molecule has 0 heterocycles. The molecule has 0 fully saturated rings. The summed E-state index contributed by atoms with van der Waals surface area (Å²) in [5, 5.41) is 3.47. The van der Waals surface area contributed by atoms with Gasteiger partial charge in [-0.25, -0.2) is 0 Å². The standard InChI is InChI=1S/C16H27NO2/c1-5-11-17-13-16(2,3)10-12-19-15-9-7-6-8-14(15)18-4/h6-9,17H,5,10-13H2,1-4H3. The van der Waals surface area contributed by atoms with Crippen LogP contribution in [0.15, 0.2) is 24.3 Å². The van der Waals surface area contributed by atoms with E-state index in [1.807, 2.05) is 24.3 Å². The minimum atomic E-state index is 0.247. The molecule has 0 atom stereocenters. The molecule has 0 aliphatic heterocycles. The summed E-state index contributed by atoms with van der Waals surface area (Å²) >= 11 is 0. The third-order valence-electron chi connectivity index (χ3n) is 3.14. The molecule has 3 nitrogen and oxygen atoms in total. The van der Waals surface area contributed by atoms with Crippen molar-refractivity contribution in [2.45, 2.75) is 33.6 Å². The number of para-hydroxylation sites is 2. The highest BCUT2D eigenvalue weighted by atomic mass is 16.5. The molecule has 0 saturated heterocycles. The molecular formula is C16H27NO2. The summed E-state index contributed by atoms with van der Waals surface area (Å²) < 4.78 is 11.1. The lowest BCUT2D eigenvalue weighted by atomic mass is 9.90. The zero-order valence-electron chi connectivity index (χ0n) is 12.7. The van der Waals surface area contributed by atoms with Crippen LogP contribution in [0.1, 0.15) is 33.6 Å². The number of benzene rings is 1. The van der Waals surface area contributed by atoms with Gasteiger partial charge in [0.05, 0.1) is 13.7 Å². The molecule has 1 aromatic rings. The van der Waals surface area contributed by atoms with Crippen LogP contribution in [0.3, 0.4) is 0 Å². The van der Waals surface area contributed by atoms with Gasteiger partial charge in [-0.2, -0.15) is 0 Å². The predicted molar refractivity (Wildman–Crippen MR) is 80.0 cm³/mol. The summed E-state index contributed by atoms with van der Waals surface area (Å²) in [7, 11) is 1.67. The molecule has 1 aromatic carbocycles. The maximum Gasteiger partial charge on any atom is 0.161 e. The normalized spacial score (nSPS) is 11.4. The maximum absolute atomic E-state index is 5.82. The molecule has 0 aliphatic rings. The van der Waals surface area contributed by atoms with E-state index in [-0.39, 0.29) is 5.41 Å². The van der Waals surface area contributed by atoms with Crippen molar-refractivity contribution in [2.75, 3.05) is 26.8 Å². The average Bonchev–Trinajstić information content (AvgIpc) is 2.39. The van der Waals surface area contributed by atoms with Crippen LogP contribution in [-0.4, -0.2) is 26.8 Å². The SMILES string of the molecule is CCCNCC(C)(C)CCOc1ccccc1OC. The average molecular weight is 265 g/mol. The number of nitrogens with one attached hydrogen (secondary N) is 1. The zero-order chi connectivity index (χ0) is 14.1. The lowest BCUT2D eigenvalue weighted by Crippen LogP contribution is -2.31. The van der Waals surface area contributed by atoms with E-state index in [9.17, 15) is 0 Å². The topological polar surface area (TPSA) is 30.5 Å². The van der Waals surface area contributed by atoms with Crippen LogP contribution in [0, 0.1) is 5.41 Å². The Labute approximate surface area is 117 Å². The van der Waals surface area contributed by atoms with Gasteiger partial charge in [0.1, 0.15) is 0 Å². The number of ether oxygens (including phenoxy) is 2. The van der Waals surface area contributed by atoms with Crippen LogP contribution >= 0.6 is 0 Å². The van der Waals surface area contributed by atoms with Gasteiger partial charge < -0.3 is 14.8 Å². The summed E-state index contributed by atoms with van der Waals surface area (Å²) in [6.45, 7) is 9.53. The van der Waals surface area contributed by atoms with Gasteiger partial charge in [0.2, 0.25) is 0 Å². The van der Waals surface area contributed by atoms with Crippen molar-refractivity contribution < 1.29 is 9.47 Å². The van der Waals surface area contributed by atoms with E-state index in [0.29, 0.717) is 6.61 Å². The van der Waals surface area contributed by atoms with Crippen molar-refractivity contribution in [1.29, 1.82) is 0 Å². The molecule has 0 amide bonds. The second-order valence-corrected chi connectivity index (χ2v) is 5.59. The highest BCUT2D eigenvalue weighted by molar-refractivity contribution is 5.39. The first-order valence-corrected chi connectivity index (χ1v) is 7.05. The van der Waals surface area contributed by atoms with Crippen molar-refractivity contribution in [1.82, 2.24) is 5.32 Å². The molecule has 3 heteroatoms. The van der Waals surface area contributed by atoms with Gasteiger partial charge in [-0.15, -0.1) is 0 Å². The van der Waals surface area contributed by atoms with Gasteiger partial charge in [0.15, 0.2) is 11.5 Å². The van der Waals surface area contributed by atoms with E-state index in [1.165, 1.54) is 6.42 Å². The molecule has 0 bridgehead atoms. The molecule has 0 aliphatic carbocycles. The summed E-state index contributed by atoms with van der Waals surface area (Å²) in [5.74, 6) is 1.62. The smallest absolute Gasteiger partial charge is 0.161 e. The highest BCUT2D eigenvalue weighted by Gasteiger charge is 2.17. The maximum atomic E-state index is 5.82. The molecule has 0 saturated carbocycles. The zero-order valence-corrected chi connectivity index (χ0v) is 12.7. The Morgan fingerprint density at radius 2 is 1.84 bits per heavy atom. The van der Waals surface area contributed by atoms with Crippen LogP contribution in [0.5, 0.6) is 11.5 Å². The molecular weight excluding hydrogens is 238 g/mol. The number of methoxy groups -OCH3 is 1. The summed E-state index contributed by atoms with van der Waals surface area (Å²) in [6, 6.07) is 7.78. The fourth-order valence-electron chi connectivity index (χ4n) is 1.87. The van der Waals surface area contributed by atoms with Crippen LogP contribution in [-0.2, 0) is 0 Å². The summed E-state index contributed by atoms with van der Waals surface area (Å²) in [5.41, 5.74) is 0.247. The number of rotatable bonds is 9. The van der Waals surface area contributed by atoms with E-state index in [4.69, 9.17) is 9.47 Å². The lowest BCUT2D eigenvalue weighted by molar-refractivity contribution is 0.217. The van der Waals surface area contributed by atoms with Gasteiger partial charge in [0.25, 0.3) is 0 Å². The third kappa shape index (κ3) is 5.97. The Bertz CT molecular complexity index is 364. The van der Waals surface area contributed by atoms with Gasteiger partial charge in [-0.3, -0.25) is 0 Å². The molecule has 1 rings (SSSR count). The first-order chi connectivity index (χ1) is 9.09. The second kappa shape index (κ2) is 8.05. The van der Waals surface area contributed by atoms with E-state index in [1.54, 1.807) is 7.11 Å². The summed E-state index contributed by atoms with van der Waals surface area (Å²) in [4.78, 5) is 0. The minimum absolute atomic E-state index is 0.247. The Morgan fingerprint density at radius 1 is 1.16 bits per heavy atom. The lowest BCUT2D eigenvalue weighted by Gasteiger charge is -2.25. The Hall–Kier alpha value is -1.22. The molecule has 0 radical (unpaired) electrons. The molecule has 0 unspecified atom stereocenters. The largest absolute Gasteiger partial charge is 0.493 e. The predicted octanol–water partition coefficient (Wildman–Crippen LogP) is 3.49. The third-order valence-corrected chi connectivity index (χ3v) is 3.14. The molecule has 108 valence electrons. The monoisotopic (exact) mass is 265 g/mol. The van der Waals surface area contributed by atoms with Crippen LogP contribution in [0.25, 0.3) is 0 Å². The van der Waals surface area contributed by atoms with E-state index >= 15 is 0 Å². The number of hydrogen-bond acceptors (Lipinski definition) is 3. The van der Waals surface area contributed by atoms with Gasteiger partial charge in [-0.05, 0) is 36.9 Å².